The van der Waals surface area contributed by atoms with Gasteiger partial charge in [-0.25, -0.2) is 4.39 Å². The van der Waals surface area contributed by atoms with Crippen LogP contribution in [0.4, 0.5) is 4.39 Å². The van der Waals surface area contributed by atoms with Gasteiger partial charge in [0.15, 0.2) is 0 Å². The summed E-state index contributed by atoms with van der Waals surface area (Å²) in [4.78, 5) is 1.09. The van der Waals surface area contributed by atoms with Crippen LogP contribution in [-0.4, -0.2) is 7.05 Å². The zero-order chi connectivity index (χ0) is 12.4. The summed E-state index contributed by atoms with van der Waals surface area (Å²) in [5, 5.41) is 3.33. The highest BCUT2D eigenvalue weighted by Gasteiger charge is 2.18. The first-order valence-electron chi connectivity index (χ1n) is 5.00. The Morgan fingerprint density at radius 1 is 1.35 bits per heavy atom. The molecule has 1 nitrogen and oxygen atoms in total. The topological polar surface area (TPSA) is 12.0 Å². The zero-order valence-corrected chi connectivity index (χ0v) is 12.2. The van der Waals surface area contributed by atoms with Crippen LogP contribution in [0.2, 0.25) is 5.02 Å². The Morgan fingerprint density at radius 3 is 2.71 bits per heavy atom. The van der Waals surface area contributed by atoms with E-state index in [1.807, 2.05) is 25.2 Å². The Hall–Kier alpha value is -0.420. The van der Waals surface area contributed by atoms with E-state index >= 15 is 0 Å². The molecule has 0 saturated carbocycles. The van der Waals surface area contributed by atoms with Crippen LogP contribution in [0.3, 0.4) is 0 Å². The molecule has 1 atom stereocenters. The molecule has 0 fully saturated rings. The van der Waals surface area contributed by atoms with Crippen LogP contribution in [0.5, 0.6) is 0 Å². The first kappa shape index (κ1) is 13.0. The van der Waals surface area contributed by atoms with E-state index in [2.05, 4.69) is 21.2 Å². The van der Waals surface area contributed by atoms with Gasteiger partial charge in [0, 0.05) is 4.88 Å². The summed E-state index contributed by atoms with van der Waals surface area (Å²) in [5.74, 6) is -0.389. The molecule has 2 aromatic rings. The summed E-state index contributed by atoms with van der Waals surface area (Å²) in [5.41, 5.74) is 0.753. The van der Waals surface area contributed by atoms with Gasteiger partial charge >= 0.3 is 0 Å². The van der Waals surface area contributed by atoms with Gasteiger partial charge in [-0.3, -0.25) is 0 Å². The second-order valence-electron chi connectivity index (χ2n) is 3.51. The second kappa shape index (κ2) is 5.48. The monoisotopic (exact) mass is 333 g/mol. The van der Waals surface area contributed by atoms with Gasteiger partial charge in [-0.05, 0) is 46.7 Å². The largest absolute Gasteiger partial charge is 0.309 e. The average molecular weight is 335 g/mol. The third-order valence-electron chi connectivity index (χ3n) is 2.46. The lowest BCUT2D eigenvalue weighted by molar-refractivity contribution is 0.618. The maximum atomic E-state index is 13.4. The first-order chi connectivity index (χ1) is 8.13. The third-order valence-corrected chi connectivity index (χ3v) is 4.55. The number of benzene rings is 1. The second-order valence-corrected chi connectivity index (χ2v) is 6.38. The Balaban J connectivity index is 2.45. The fourth-order valence-electron chi connectivity index (χ4n) is 1.68. The van der Waals surface area contributed by atoms with Crippen molar-refractivity contribution in [1.82, 2.24) is 5.32 Å². The number of halogens is 3. The molecule has 5 heteroatoms. The van der Waals surface area contributed by atoms with Crippen LogP contribution in [0.1, 0.15) is 16.5 Å². The summed E-state index contributed by atoms with van der Waals surface area (Å²) < 4.78 is 14.5. The quantitative estimate of drug-likeness (QED) is 0.864. The summed E-state index contributed by atoms with van der Waals surface area (Å²) in [7, 11) is 1.83. The van der Waals surface area contributed by atoms with E-state index in [9.17, 15) is 4.39 Å². The summed E-state index contributed by atoms with van der Waals surface area (Å²) >= 11 is 11.0. The normalized spacial score (nSPS) is 12.7. The summed E-state index contributed by atoms with van der Waals surface area (Å²) in [6.45, 7) is 0. The lowest BCUT2D eigenvalue weighted by atomic mass is 10.1. The van der Waals surface area contributed by atoms with E-state index in [0.717, 1.165) is 14.2 Å². The predicted molar refractivity (Wildman–Crippen MR) is 74.3 cm³/mol. The Kier molecular flexibility index (Phi) is 4.20. The molecule has 0 bridgehead atoms. The fourth-order valence-corrected chi connectivity index (χ4v) is 3.47. The van der Waals surface area contributed by atoms with E-state index in [-0.39, 0.29) is 16.9 Å². The lowest BCUT2D eigenvalue weighted by Crippen LogP contribution is -2.17. The van der Waals surface area contributed by atoms with E-state index in [1.54, 1.807) is 17.4 Å². The minimum absolute atomic E-state index is 0.0884. The number of nitrogens with one attached hydrogen (secondary N) is 1. The molecule has 0 saturated heterocycles. The van der Waals surface area contributed by atoms with Gasteiger partial charge in [0.25, 0.3) is 0 Å². The van der Waals surface area contributed by atoms with Crippen LogP contribution in [-0.2, 0) is 0 Å². The maximum absolute atomic E-state index is 13.4. The van der Waals surface area contributed by atoms with Crippen molar-refractivity contribution in [2.24, 2.45) is 0 Å². The highest BCUT2D eigenvalue weighted by Crippen LogP contribution is 2.34. The molecule has 2 rings (SSSR count). The van der Waals surface area contributed by atoms with Crippen molar-refractivity contribution in [2.45, 2.75) is 6.04 Å². The van der Waals surface area contributed by atoms with Crippen molar-refractivity contribution in [3.63, 3.8) is 0 Å². The minimum Gasteiger partial charge on any atom is -0.309 e. The fraction of sp³-hybridized carbons (Fsp3) is 0.167. The van der Waals surface area contributed by atoms with Crippen molar-refractivity contribution in [1.29, 1.82) is 0 Å². The van der Waals surface area contributed by atoms with Gasteiger partial charge in [0.1, 0.15) is 5.82 Å². The van der Waals surface area contributed by atoms with Crippen LogP contribution in [0.15, 0.2) is 34.1 Å². The van der Waals surface area contributed by atoms with Crippen molar-refractivity contribution >= 4 is 38.9 Å². The lowest BCUT2D eigenvalue weighted by Gasteiger charge is -2.16. The SMILES string of the molecule is CNC(c1ccc(Br)s1)c1cccc(F)c1Cl. The standard InChI is InChI=1S/C12H10BrClFNS/c1-16-12(9-5-6-10(13)17-9)7-3-2-4-8(15)11(7)14/h2-6,12,16H,1H3. The van der Waals surface area contributed by atoms with Crippen LogP contribution >= 0.6 is 38.9 Å². The van der Waals surface area contributed by atoms with Crippen LogP contribution < -0.4 is 5.32 Å². The molecule has 0 radical (unpaired) electrons. The Bertz CT molecular complexity index is 529. The van der Waals surface area contributed by atoms with Gasteiger partial charge in [0.05, 0.1) is 14.9 Å². The third kappa shape index (κ3) is 2.71. The predicted octanol–water partition coefficient (Wildman–Crippen LogP) is 4.61. The maximum Gasteiger partial charge on any atom is 0.142 e. The molecular weight excluding hydrogens is 325 g/mol. The summed E-state index contributed by atoms with van der Waals surface area (Å²) in [6.07, 6.45) is 0. The molecule has 17 heavy (non-hydrogen) atoms. The number of hydrogen-bond acceptors (Lipinski definition) is 2. The van der Waals surface area contributed by atoms with Gasteiger partial charge in [-0.2, -0.15) is 0 Å². The van der Waals surface area contributed by atoms with E-state index in [1.165, 1.54) is 6.07 Å². The van der Waals surface area contributed by atoms with Gasteiger partial charge in [-0.1, -0.05) is 23.7 Å². The molecule has 0 aliphatic rings. The molecule has 0 amide bonds. The molecule has 1 aromatic heterocycles. The number of rotatable bonds is 3. The van der Waals surface area contributed by atoms with Gasteiger partial charge in [0.2, 0.25) is 0 Å². The molecule has 1 N–H and O–H groups in total. The van der Waals surface area contributed by atoms with E-state index in [4.69, 9.17) is 11.6 Å². The smallest absolute Gasteiger partial charge is 0.142 e. The highest BCUT2D eigenvalue weighted by molar-refractivity contribution is 9.11. The van der Waals surface area contributed by atoms with Crippen molar-refractivity contribution in [2.75, 3.05) is 7.05 Å². The zero-order valence-electron chi connectivity index (χ0n) is 9.01. The van der Waals surface area contributed by atoms with E-state index < -0.39 is 0 Å². The van der Waals surface area contributed by atoms with E-state index in [0.29, 0.717) is 0 Å². The number of hydrogen-bond donors (Lipinski definition) is 1. The Labute approximate surface area is 117 Å². The van der Waals surface area contributed by atoms with Gasteiger partial charge in [-0.15, -0.1) is 11.3 Å². The first-order valence-corrected chi connectivity index (χ1v) is 6.98. The molecule has 1 aromatic carbocycles. The van der Waals surface area contributed by atoms with Gasteiger partial charge < -0.3 is 5.32 Å². The van der Waals surface area contributed by atoms with Crippen molar-refractivity contribution < 1.29 is 4.39 Å². The molecular formula is C12H10BrClFNS. The van der Waals surface area contributed by atoms with Crippen molar-refractivity contribution in [3.05, 3.63) is 55.4 Å². The molecule has 0 spiro atoms. The molecule has 0 aliphatic heterocycles. The number of thiophene rings is 1. The van der Waals surface area contributed by atoms with Crippen molar-refractivity contribution in [3.8, 4) is 0 Å². The molecule has 1 unspecified atom stereocenters. The van der Waals surface area contributed by atoms with Crippen LogP contribution in [0.25, 0.3) is 0 Å². The highest BCUT2D eigenvalue weighted by atomic mass is 79.9. The van der Waals surface area contributed by atoms with Crippen LogP contribution in [0, 0.1) is 5.82 Å². The summed E-state index contributed by atoms with van der Waals surface area (Å²) in [6, 6.07) is 8.75. The molecule has 90 valence electrons. The minimum atomic E-state index is -0.389. The Morgan fingerprint density at radius 2 is 2.12 bits per heavy atom. The molecule has 0 aliphatic carbocycles. The molecule has 1 heterocycles. The average Bonchev–Trinajstić information content (AvgIpc) is 2.72.